The van der Waals surface area contributed by atoms with E-state index >= 15 is 0 Å². The number of hydrogen-bond acceptors (Lipinski definition) is 4. The summed E-state index contributed by atoms with van der Waals surface area (Å²) in [7, 11) is -3.70. The maximum absolute atomic E-state index is 13.4. The fraction of sp³-hybridized carbons (Fsp3) is 0.650. The van der Waals surface area contributed by atoms with Gasteiger partial charge in [0.25, 0.3) is 0 Å². The molecular formula is C20H32FN3O3S. The number of unbranched alkanes of at least 4 members (excludes halogenated alkanes) is 3. The van der Waals surface area contributed by atoms with Gasteiger partial charge in [-0.3, -0.25) is 9.69 Å². The van der Waals surface area contributed by atoms with E-state index in [1.165, 1.54) is 41.8 Å². The lowest BCUT2D eigenvalue weighted by Crippen LogP contribution is -2.51. The Hall–Kier alpha value is -1.51. The normalized spacial score (nSPS) is 17.4. The van der Waals surface area contributed by atoms with Crippen LogP contribution in [0.25, 0.3) is 0 Å². The number of benzene rings is 1. The van der Waals surface area contributed by atoms with E-state index in [4.69, 9.17) is 0 Å². The Morgan fingerprint density at radius 2 is 1.89 bits per heavy atom. The van der Waals surface area contributed by atoms with Gasteiger partial charge in [0.2, 0.25) is 15.9 Å². The first-order valence-corrected chi connectivity index (χ1v) is 11.5. The van der Waals surface area contributed by atoms with Gasteiger partial charge < -0.3 is 5.32 Å². The molecule has 6 nitrogen and oxygen atoms in total. The Balaban J connectivity index is 1.76. The highest BCUT2D eigenvalue weighted by molar-refractivity contribution is 7.89. The van der Waals surface area contributed by atoms with Gasteiger partial charge in [0.05, 0.1) is 11.4 Å². The van der Waals surface area contributed by atoms with Crippen molar-refractivity contribution in [3.8, 4) is 0 Å². The molecule has 0 unspecified atom stereocenters. The minimum absolute atomic E-state index is 0.0237. The van der Waals surface area contributed by atoms with Crippen LogP contribution < -0.4 is 5.32 Å². The highest BCUT2D eigenvalue weighted by Gasteiger charge is 2.29. The smallest absolute Gasteiger partial charge is 0.243 e. The lowest BCUT2D eigenvalue weighted by molar-refractivity contribution is -0.123. The number of nitrogens with one attached hydrogen (secondary N) is 1. The summed E-state index contributed by atoms with van der Waals surface area (Å²) in [6, 6.07) is 5.21. The molecule has 0 saturated carbocycles. The molecule has 2 rings (SSSR count). The molecule has 1 amide bonds. The monoisotopic (exact) mass is 413 g/mol. The number of sulfonamides is 1. The zero-order chi connectivity index (χ0) is 20.6. The van der Waals surface area contributed by atoms with Gasteiger partial charge in [-0.05, 0) is 31.5 Å². The third-order valence-electron chi connectivity index (χ3n) is 5.03. The molecular weight excluding hydrogens is 381 g/mol. The second-order valence-electron chi connectivity index (χ2n) is 7.46. The Kier molecular flexibility index (Phi) is 8.85. The van der Waals surface area contributed by atoms with Gasteiger partial charge in [-0.2, -0.15) is 4.31 Å². The first-order chi connectivity index (χ1) is 13.3. The predicted octanol–water partition coefficient (Wildman–Crippen LogP) is 2.61. The van der Waals surface area contributed by atoms with E-state index in [1.54, 1.807) is 0 Å². The molecule has 0 aromatic heterocycles. The quantitative estimate of drug-likeness (QED) is 0.599. The number of rotatable bonds is 10. The molecule has 1 fully saturated rings. The van der Waals surface area contributed by atoms with Crippen LogP contribution in [0, 0.1) is 5.82 Å². The van der Waals surface area contributed by atoms with Crippen molar-refractivity contribution in [2.75, 3.05) is 32.7 Å². The molecule has 0 spiro atoms. The molecule has 1 atom stereocenters. The van der Waals surface area contributed by atoms with E-state index in [-0.39, 0.29) is 23.4 Å². The first-order valence-electron chi connectivity index (χ1n) is 10.1. The van der Waals surface area contributed by atoms with Crippen molar-refractivity contribution in [2.45, 2.75) is 56.9 Å². The minimum Gasteiger partial charge on any atom is -0.353 e. The highest BCUT2D eigenvalue weighted by Crippen LogP contribution is 2.18. The largest absolute Gasteiger partial charge is 0.353 e. The molecule has 158 valence electrons. The Bertz CT molecular complexity index is 734. The second kappa shape index (κ2) is 10.9. The van der Waals surface area contributed by atoms with E-state index in [2.05, 4.69) is 12.2 Å². The van der Waals surface area contributed by atoms with Crippen LogP contribution in [0.5, 0.6) is 0 Å². The van der Waals surface area contributed by atoms with Crippen LogP contribution in [0.3, 0.4) is 0 Å². The molecule has 1 aliphatic heterocycles. The van der Waals surface area contributed by atoms with Gasteiger partial charge in [0, 0.05) is 32.2 Å². The number of carbonyl (C=O) groups excluding carboxylic acids is 1. The van der Waals surface area contributed by atoms with Crippen molar-refractivity contribution in [2.24, 2.45) is 0 Å². The summed E-state index contributed by atoms with van der Waals surface area (Å²) in [6.45, 7) is 6.01. The molecule has 1 aromatic rings. The molecule has 0 radical (unpaired) electrons. The number of halogens is 1. The molecule has 0 bridgehead atoms. The van der Waals surface area contributed by atoms with Crippen molar-refractivity contribution in [1.82, 2.24) is 14.5 Å². The Morgan fingerprint density at radius 3 is 2.54 bits per heavy atom. The van der Waals surface area contributed by atoms with Crippen LogP contribution in [-0.4, -0.2) is 62.3 Å². The molecule has 1 aliphatic rings. The molecule has 1 N–H and O–H groups in total. The zero-order valence-electron chi connectivity index (χ0n) is 16.9. The van der Waals surface area contributed by atoms with Gasteiger partial charge in [-0.25, -0.2) is 12.8 Å². The lowest BCUT2D eigenvalue weighted by Gasteiger charge is -2.33. The SMILES string of the molecule is CCCCCC[C@@H](C)NC(=O)CN1CCN(S(=O)(=O)c2cccc(F)c2)CC1. The van der Waals surface area contributed by atoms with Gasteiger partial charge in [0.15, 0.2) is 0 Å². The van der Waals surface area contributed by atoms with Crippen molar-refractivity contribution in [3.05, 3.63) is 30.1 Å². The van der Waals surface area contributed by atoms with Crippen molar-refractivity contribution in [3.63, 3.8) is 0 Å². The van der Waals surface area contributed by atoms with E-state index in [1.807, 2.05) is 11.8 Å². The topological polar surface area (TPSA) is 69.7 Å². The van der Waals surface area contributed by atoms with E-state index in [9.17, 15) is 17.6 Å². The lowest BCUT2D eigenvalue weighted by atomic mass is 10.1. The Morgan fingerprint density at radius 1 is 1.18 bits per heavy atom. The number of piperazine rings is 1. The van der Waals surface area contributed by atoms with Crippen LogP contribution in [0.4, 0.5) is 4.39 Å². The van der Waals surface area contributed by atoms with E-state index < -0.39 is 15.8 Å². The number of nitrogens with zero attached hydrogens (tertiary/aromatic N) is 2. The third-order valence-corrected chi connectivity index (χ3v) is 6.93. The maximum Gasteiger partial charge on any atom is 0.243 e. The summed E-state index contributed by atoms with van der Waals surface area (Å²) < 4.78 is 40.0. The van der Waals surface area contributed by atoms with Gasteiger partial charge >= 0.3 is 0 Å². The Labute approximate surface area is 168 Å². The van der Waals surface area contributed by atoms with Crippen molar-refractivity contribution < 1.29 is 17.6 Å². The van der Waals surface area contributed by atoms with Crippen LogP contribution in [0.1, 0.15) is 46.0 Å². The van der Waals surface area contributed by atoms with E-state index in [0.29, 0.717) is 26.2 Å². The second-order valence-corrected chi connectivity index (χ2v) is 9.39. The number of carbonyl (C=O) groups is 1. The summed E-state index contributed by atoms with van der Waals surface area (Å²) in [4.78, 5) is 14.1. The van der Waals surface area contributed by atoms with Gasteiger partial charge in [-0.1, -0.05) is 38.7 Å². The van der Waals surface area contributed by atoms with Crippen molar-refractivity contribution in [1.29, 1.82) is 0 Å². The molecule has 0 aliphatic carbocycles. The first kappa shape index (κ1) is 22.8. The van der Waals surface area contributed by atoms with Crippen LogP contribution in [0.2, 0.25) is 0 Å². The molecule has 28 heavy (non-hydrogen) atoms. The average molecular weight is 414 g/mol. The molecule has 1 aromatic carbocycles. The van der Waals surface area contributed by atoms with E-state index in [0.717, 1.165) is 18.9 Å². The maximum atomic E-state index is 13.4. The highest BCUT2D eigenvalue weighted by atomic mass is 32.2. The summed E-state index contributed by atoms with van der Waals surface area (Å²) >= 11 is 0. The van der Waals surface area contributed by atoms with Gasteiger partial charge in [-0.15, -0.1) is 0 Å². The van der Waals surface area contributed by atoms with Crippen LogP contribution >= 0.6 is 0 Å². The number of hydrogen-bond donors (Lipinski definition) is 1. The predicted molar refractivity (Wildman–Crippen MR) is 108 cm³/mol. The molecule has 1 heterocycles. The minimum atomic E-state index is -3.70. The van der Waals surface area contributed by atoms with Crippen LogP contribution in [0.15, 0.2) is 29.2 Å². The van der Waals surface area contributed by atoms with Crippen molar-refractivity contribution >= 4 is 15.9 Å². The standard InChI is InChI=1S/C20H32FN3O3S/c1-3-4-5-6-8-17(2)22-20(25)16-23-11-13-24(14-12-23)28(26,27)19-10-7-9-18(21)15-19/h7,9-10,15,17H,3-6,8,11-14,16H2,1-2H3,(H,22,25)/t17-/m1/s1. The fourth-order valence-corrected chi connectivity index (χ4v) is 4.83. The zero-order valence-corrected chi connectivity index (χ0v) is 17.7. The van der Waals surface area contributed by atoms with Crippen LogP contribution in [-0.2, 0) is 14.8 Å². The molecule has 1 saturated heterocycles. The summed E-state index contributed by atoms with van der Waals surface area (Å²) in [6.07, 6.45) is 5.71. The van der Waals surface area contributed by atoms with Gasteiger partial charge in [0.1, 0.15) is 5.82 Å². The third kappa shape index (κ3) is 6.83. The molecule has 8 heteroatoms. The number of amides is 1. The summed E-state index contributed by atoms with van der Waals surface area (Å²) in [5.74, 6) is -0.593. The summed E-state index contributed by atoms with van der Waals surface area (Å²) in [5.41, 5.74) is 0. The summed E-state index contributed by atoms with van der Waals surface area (Å²) in [5, 5.41) is 3.02. The average Bonchev–Trinajstić information content (AvgIpc) is 2.65. The fourth-order valence-electron chi connectivity index (χ4n) is 3.38.